The summed E-state index contributed by atoms with van der Waals surface area (Å²) in [5.74, 6) is 1.42. The third-order valence-electron chi connectivity index (χ3n) is 6.01. The van der Waals surface area contributed by atoms with Crippen molar-refractivity contribution in [1.82, 2.24) is 29.5 Å². The van der Waals surface area contributed by atoms with Crippen LogP contribution in [0.4, 0.5) is 14.5 Å². The molecule has 1 aromatic carbocycles. The van der Waals surface area contributed by atoms with Gasteiger partial charge in [0.25, 0.3) is 0 Å². The first-order valence-corrected chi connectivity index (χ1v) is 12.9. The molecule has 0 amide bonds. The molecule has 210 valence electrons. The zero-order valence-corrected chi connectivity index (χ0v) is 23.2. The molecule has 11 heteroatoms. The highest BCUT2D eigenvalue weighted by molar-refractivity contribution is 5.93. The van der Waals surface area contributed by atoms with Gasteiger partial charge in [-0.25, -0.2) is 14.6 Å². The van der Waals surface area contributed by atoms with Gasteiger partial charge in [-0.2, -0.15) is 19.0 Å². The van der Waals surface area contributed by atoms with E-state index in [0.29, 0.717) is 23.7 Å². The van der Waals surface area contributed by atoms with Crippen LogP contribution in [0.1, 0.15) is 44.6 Å². The van der Waals surface area contributed by atoms with Crippen LogP contribution in [0.3, 0.4) is 0 Å². The number of aryl methyl sites for hydroxylation is 1. The van der Waals surface area contributed by atoms with E-state index in [2.05, 4.69) is 47.4 Å². The fourth-order valence-corrected chi connectivity index (χ4v) is 4.10. The van der Waals surface area contributed by atoms with Crippen LogP contribution < -0.4 is 14.8 Å². The summed E-state index contributed by atoms with van der Waals surface area (Å²) in [5.41, 5.74) is 6.56. The Hall–Kier alpha value is -4.54. The second-order valence-electron chi connectivity index (χ2n) is 9.13. The Morgan fingerprint density at radius 1 is 1.05 bits per heavy atom. The number of halogens is 2. The average molecular weight is 550 g/mol. The number of anilines is 1. The standard InChI is InChI=1S/C25H29N5O2.C4H4F2N2/c1-6-32-25-20(8-7-13-26-25)21-14-22(27-15-18-9-11-19(31-5)12-10-18)24-23(28-21)17(4)29-30(24)16(2)3;5-4(6)8-3-1-2-7-8/h7-14,16H,6,15H2,1-5H3,(H,27,28);1-4H. The van der Waals surface area contributed by atoms with Crippen molar-refractivity contribution in [1.29, 1.82) is 0 Å². The number of hydrogen-bond donors (Lipinski definition) is 1. The van der Waals surface area contributed by atoms with Gasteiger partial charge in [0.2, 0.25) is 5.88 Å². The lowest BCUT2D eigenvalue weighted by atomic mass is 10.1. The van der Waals surface area contributed by atoms with Crippen LogP contribution in [0.25, 0.3) is 22.3 Å². The number of pyridine rings is 2. The van der Waals surface area contributed by atoms with Crippen LogP contribution >= 0.6 is 0 Å². The summed E-state index contributed by atoms with van der Waals surface area (Å²) in [7, 11) is 1.67. The normalized spacial score (nSPS) is 11.0. The number of hydrogen-bond acceptors (Lipinski definition) is 7. The number of alkyl halides is 2. The van der Waals surface area contributed by atoms with Gasteiger partial charge in [-0.3, -0.25) is 4.68 Å². The number of rotatable bonds is 9. The lowest BCUT2D eigenvalue weighted by molar-refractivity contribution is 0.0566. The molecule has 0 spiro atoms. The predicted octanol–water partition coefficient (Wildman–Crippen LogP) is 6.68. The van der Waals surface area contributed by atoms with Crippen LogP contribution in [-0.4, -0.2) is 43.2 Å². The summed E-state index contributed by atoms with van der Waals surface area (Å²) in [4.78, 5) is 9.37. The molecule has 0 fully saturated rings. The van der Waals surface area contributed by atoms with Crippen LogP contribution in [-0.2, 0) is 6.54 Å². The minimum absolute atomic E-state index is 0.206. The molecule has 40 heavy (non-hydrogen) atoms. The fourth-order valence-electron chi connectivity index (χ4n) is 4.10. The van der Waals surface area contributed by atoms with Crippen molar-refractivity contribution in [3.05, 3.63) is 78.4 Å². The quantitative estimate of drug-likeness (QED) is 0.219. The van der Waals surface area contributed by atoms with Crippen molar-refractivity contribution in [3.63, 3.8) is 0 Å². The highest BCUT2D eigenvalue weighted by atomic mass is 19.3. The summed E-state index contributed by atoms with van der Waals surface area (Å²) in [6, 6.07) is 15.7. The smallest absolute Gasteiger partial charge is 0.333 e. The van der Waals surface area contributed by atoms with Crippen molar-refractivity contribution in [2.75, 3.05) is 19.0 Å². The molecular weight excluding hydrogens is 516 g/mol. The number of ether oxygens (including phenoxy) is 2. The molecule has 0 saturated carbocycles. The predicted molar refractivity (Wildman–Crippen MR) is 151 cm³/mol. The number of nitrogens with one attached hydrogen (secondary N) is 1. The molecule has 5 rings (SSSR count). The van der Waals surface area contributed by atoms with Gasteiger partial charge in [-0.15, -0.1) is 0 Å². The number of fused-ring (bicyclic) bond motifs is 1. The molecule has 0 radical (unpaired) electrons. The van der Waals surface area contributed by atoms with E-state index >= 15 is 0 Å². The summed E-state index contributed by atoms with van der Waals surface area (Å²) < 4.78 is 36.7. The molecule has 4 heterocycles. The second kappa shape index (κ2) is 13.0. The molecule has 0 aliphatic rings. The van der Waals surface area contributed by atoms with Gasteiger partial charge in [0.15, 0.2) is 0 Å². The lowest BCUT2D eigenvalue weighted by Gasteiger charge is -2.15. The van der Waals surface area contributed by atoms with Crippen LogP contribution in [0.15, 0.2) is 67.1 Å². The van der Waals surface area contributed by atoms with Gasteiger partial charge in [-0.1, -0.05) is 12.1 Å². The Balaban J connectivity index is 0.000000398. The molecule has 0 atom stereocenters. The Morgan fingerprint density at radius 2 is 1.82 bits per heavy atom. The van der Waals surface area contributed by atoms with E-state index in [4.69, 9.17) is 19.6 Å². The summed E-state index contributed by atoms with van der Waals surface area (Å²) >= 11 is 0. The van der Waals surface area contributed by atoms with Crippen LogP contribution in [0.5, 0.6) is 11.6 Å². The summed E-state index contributed by atoms with van der Waals surface area (Å²) in [5, 5.41) is 11.7. The van der Waals surface area contributed by atoms with Gasteiger partial charge >= 0.3 is 6.55 Å². The van der Waals surface area contributed by atoms with Gasteiger partial charge in [0, 0.05) is 31.2 Å². The van der Waals surface area contributed by atoms with Gasteiger partial charge in [0.1, 0.15) is 16.8 Å². The van der Waals surface area contributed by atoms with E-state index in [-0.39, 0.29) is 6.04 Å². The van der Waals surface area contributed by atoms with Crippen molar-refractivity contribution >= 4 is 16.7 Å². The van der Waals surface area contributed by atoms with Crippen molar-refractivity contribution < 1.29 is 18.3 Å². The van der Waals surface area contributed by atoms with Gasteiger partial charge in [0.05, 0.1) is 36.4 Å². The molecule has 0 saturated heterocycles. The van der Waals surface area contributed by atoms with E-state index in [9.17, 15) is 8.78 Å². The molecule has 0 aliphatic heterocycles. The average Bonchev–Trinajstić information content (AvgIpc) is 3.62. The zero-order chi connectivity index (χ0) is 28.6. The summed E-state index contributed by atoms with van der Waals surface area (Å²) in [6.07, 6.45) is 4.26. The van der Waals surface area contributed by atoms with Gasteiger partial charge < -0.3 is 14.8 Å². The van der Waals surface area contributed by atoms with E-state index in [0.717, 1.165) is 45.0 Å². The zero-order valence-electron chi connectivity index (χ0n) is 23.2. The first kappa shape index (κ1) is 28.5. The Morgan fingerprint density at radius 3 is 2.42 bits per heavy atom. The molecule has 1 N–H and O–H groups in total. The maximum Gasteiger partial charge on any atom is 0.333 e. The monoisotopic (exact) mass is 549 g/mol. The molecule has 5 aromatic rings. The van der Waals surface area contributed by atoms with E-state index in [1.807, 2.05) is 42.8 Å². The second-order valence-corrected chi connectivity index (χ2v) is 9.13. The number of nitrogens with zero attached hydrogens (tertiary/aromatic N) is 6. The Labute approximate surface area is 231 Å². The maximum absolute atomic E-state index is 11.5. The van der Waals surface area contributed by atoms with Crippen LogP contribution in [0.2, 0.25) is 0 Å². The largest absolute Gasteiger partial charge is 0.497 e. The third kappa shape index (κ3) is 6.53. The first-order chi connectivity index (χ1) is 19.3. The minimum atomic E-state index is -2.51. The highest BCUT2D eigenvalue weighted by Crippen LogP contribution is 2.34. The van der Waals surface area contributed by atoms with Crippen molar-refractivity contribution in [2.45, 2.75) is 46.8 Å². The topological polar surface area (TPSA) is 91.9 Å². The molecule has 0 aliphatic carbocycles. The minimum Gasteiger partial charge on any atom is -0.497 e. The van der Waals surface area contributed by atoms with Crippen molar-refractivity contribution in [3.8, 4) is 22.9 Å². The van der Waals surface area contributed by atoms with Crippen LogP contribution in [0, 0.1) is 6.92 Å². The lowest BCUT2D eigenvalue weighted by Crippen LogP contribution is -2.07. The van der Waals surface area contributed by atoms with E-state index < -0.39 is 6.55 Å². The molecule has 9 nitrogen and oxygen atoms in total. The molecular formula is C29H33F2N7O2. The SMILES string of the molecule is CCOc1ncccc1-c1cc(NCc2ccc(OC)cc2)c2c(n1)c(C)nn2C(C)C.FC(F)n1cccn1. The summed E-state index contributed by atoms with van der Waals surface area (Å²) in [6.45, 7) is 6.90. The number of benzene rings is 1. The number of methoxy groups -OCH3 is 1. The Bertz CT molecular complexity index is 1520. The highest BCUT2D eigenvalue weighted by Gasteiger charge is 2.19. The first-order valence-electron chi connectivity index (χ1n) is 12.9. The van der Waals surface area contributed by atoms with E-state index in [1.165, 1.54) is 18.5 Å². The fraction of sp³-hybridized carbons (Fsp3) is 0.310. The molecule has 4 aromatic heterocycles. The molecule has 0 bridgehead atoms. The van der Waals surface area contributed by atoms with Gasteiger partial charge in [-0.05, 0) is 69.7 Å². The van der Waals surface area contributed by atoms with Crippen molar-refractivity contribution in [2.24, 2.45) is 0 Å². The van der Waals surface area contributed by atoms with E-state index in [1.54, 1.807) is 13.3 Å². The Kier molecular flexibility index (Phi) is 9.26. The maximum atomic E-state index is 11.5. The molecule has 0 unspecified atom stereocenters. The third-order valence-corrected chi connectivity index (χ3v) is 6.01. The number of aromatic nitrogens is 6.